The van der Waals surface area contributed by atoms with Crippen LogP contribution < -0.4 is 9.47 Å². The molecule has 0 unspecified atom stereocenters. The summed E-state index contributed by atoms with van der Waals surface area (Å²) in [4.78, 5) is 12.1. The predicted molar refractivity (Wildman–Crippen MR) is 92.2 cm³/mol. The molecule has 0 atom stereocenters. The zero-order valence-electron chi connectivity index (χ0n) is 13.9. The number of benzene rings is 2. The molecule has 0 N–H and O–H groups in total. The minimum atomic E-state index is -0.343. The van der Waals surface area contributed by atoms with Crippen molar-refractivity contribution in [3.63, 3.8) is 0 Å². The lowest BCUT2D eigenvalue weighted by molar-refractivity contribution is 0.0734. The summed E-state index contributed by atoms with van der Waals surface area (Å²) in [5.41, 5.74) is 1.76. The van der Waals surface area contributed by atoms with Crippen molar-refractivity contribution in [1.82, 2.24) is 0 Å². The van der Waals surface area contributed by atoms with Gasteiger partial charge in [-0.05, 0) is 54.8 Å². The Morgan fingerprint density at radius 2 is 1.52 bits per heavy atom. The van der Waals surface area contributed by atoms with E-state index in [0.29, 0.717) is 11.3 Å². The number of hydrogen-bond donors (Lipinski definition) is 0. The molecule has 3 nitrogen and oxygen atoms in total. The molecule has 0 aliphatic carbocycles. The molecule has 0 saturated carbocycles. The molecule has 122 valence electrons. The van der Waals surface area contributed by atoms with Gasteiger partial charge in [0.2, 0.25) is 0 Å². The lowest BCUT2D eigenvalue weighted by atomic mass is 10.1. The van der Waals surface area contributed by atoms with E-state index < -0.39 is 0 Å². The number of carbonyl (C=O) groups excluding carboxylic acids is 1. The van der Waals surface area contributed by atoms with Crippen LogP contribution in [0.25, 0.3) is 0 Å². The summed E-state index contributed by atoms with van der Waals surface area (Å²) in [7, 11) is 0. The monoisotopic (exact) mass is 312 g/mol. The Hall–Kier alpha value is -2.29. The number of hydrogen-bond acceptors (Lipinski definition) is 3. The molecule has 0 aliphatic heterocycles. The van der Waals surface area contributed by atoms with Gasteiger partial charge in [0.05, 0.1) is 12.2 Å². The summed E-state index contributed by atoms with van der Waals surface area (Å²) in [6.07, 6.45) is 4.36. The third-order valence-corrected chi connectivity index (χ3v) is 3.65. The lowest BCUT2D eigenvalue weighted by Gasteiger charge is -2.08. The summed E-state index contributed by atoms with van der Waals surface area (Å²) in [5, 5.41) is 0. The molecular weight excluding hydrogens is 288 g/mol. The molecule has 0 fully saturated rings. The Kier molecular flexibility index (Phi) is 6.67. The highest BCUT2D eigenvalue weighted by atomic mass is 16.5. The zero-order valence-corrected chi connectivity index (χ0v) is 13.9. The maximum Gasteiger partial charge on any atom is 0.343 e. The number of ether oxygens (including phenoxy) is 2. The average Bonchev–Trinajstić information content (AvgIpc) is 2.60. The van der Waals surface area contributed by atoms with Gasteiger partial charge in [0.1, 0.15) is 11.5 Å². The van der Waals surface area contributed by atoms with Crippen molar-refractivity contribution in [1.29, 1.82) is 0 Å². The van der Waals surface area contributed by atoms with Crippen molar-refractivity contribution < 1.29 is 14.3 Å². The van der Waals surface area contributed by atoms with Crippen molar-refractivity contribution in [2.75, 3.05) is 6.61 Å². The van der Waals surface area contributed by atoms with E-state index in [4.69, 9.17) is 9.47 Å². The van der Waals surface area contributed by atoms with Crippen LogP contribution in [0.5, 0.6) is 11.5 Å². The fourth-order valence-corrected chi connectivity index (χ4v) is 2.19. The van der Waals surface area contributed by atoms with Gasteiger partial charge in [0, 0.05) is 0 Å². The molecule has 2 rings (SSSR count). The summed E-state index contributed by atoms with van der Waals surface area (Å²) in [6, 6.07) is 14.7. The molecule has 0 amide bonds. The van der Waals surface area contributed by atoms with Crippen LogP contribution in [0.3, 0.4) is 0 Å². The molecule has 0 heterocycles. The van der Waals surface area contributed by atoms with Crippen LogP contribution in [-0.2, 0) is 6.42 Å². The number of rotatable bonds is 8. The van der Waals surface area contributed by atoms with E-state index in [9.17, 15) is 4.79 Å². The van der Waals surface area contributed by atoms with Crippen molar-refractivity contribution in [3.05, 3.63) is 59.7 Å². The van der Waals surface area contributed by atoms with Crippen LogP contribution in [0.1, 0.15) is 49.0 Å². The van der Waals surface area contributed by atoms with E-state index in [1.54, 1.807) is 24.3 Å². The Bertz CT molecular complexity index is 600. The second-order valence-corrected chi connectivity index (χ2v) is 5.47. The molecule has 0 spiro atoms. The van der Waals surface area contributed by atoms with Gasteiger partial charge < -0.3 is 9.47 Å². The highest BCUT2D eigenvalue weighted by Gasteiger charge is 2.08. The normalized spacial score (nSPS) is 10.3. The molecular formula is C20H24O3. The van der Waals surface area contributed by atoms with Crippen molar-refractivity contribution in [3.8, 4) is 11.5 Å². The van der Waals surface area contributed by atoms with E-state index >= 15 is 0 Å². The molecule has 0 saturated heterocycles. The van der Waals surface area contributed by atoms with Crippen LogP contribution >= 0.6 is 0 Å². The second kappa shape index (κ2) is 8.99. The Morgan fingerprint density at radius 1 is 0.870 bits per heavy atom. The fraction of sp³-hybridized carbons (Fsp3) is 0.350. The van der Waals surface area contributed by atoms with Gasteiger partial charge in [0.15, 0.2) is 0 Å². The zero-order chi connectivity index (χ0) is 16.5. The number of esters is 1. The smallest absolute Gasteiger partial charge is 0.343 e. The minimum Gasteiger partial charge on any atom is -0.494 e. The Labute approximate surface area is 138 Å². The number of carbonyl (C=O) groups is 1. The molecule has 2 aromatic carbocycles. The minimum absolute atomic E-state index is 0.343. The average molecular weight is 312 g/mol. The quantitative estimate of drug-likeness (QED) is 0.389. The number of aryl methyl sites for hydroxylation is 1. The maximum atomic E-state index is 12.1. The van der Waals surface area contributed by atoms with Gasteiger partial charge in [-0.2, -0.15) is 0 Å². The van der Waals surface area contributed by atoms with Crippen molar-refractivity contribution in [2.45, 2.75) is 39.5 Å². The summed E-state index contributed by atoms with van der Waals surface area (Å²) >= 11 is 0. The first-order chi connectivity index (χ1) is 11.2. The third-order valence-electron chi connectivity index (χ3n) is 3.65. The second-order valence-electron chi connectivity index (χ2n) is 5.47. The highest BCUT2D eigenvalue weighted by Crippen LogP contribution is 2.19. The van der Waals surface area contributed by atoms with E-state index in [2.05, 4.69) is 13.8 Å². The first kappa shape index (κ1) is 17.1. The van der Waals surface area contributed by atoms with E-state index in [1.165, 1.54) is 18.4 Å². The first-order valence-corrected chi connectivity index (χ1v) is 8.27. The fourth-order valence-electron chi connectivity index (χ4n) is 2.19. The highest BCUT2D eigenvalue weighted by molar-refractivity contribution is 5.91. The molecule has 0 radical (unpaired) electrons. The van der Waals surface area contributed by atoms with Crippen molar-refractivity contribution >= 4 is 5.97 Å². The Morgan fingerprint density at radius 3 is 2.13 bits per heavy atom. The van der Waals surface area contributed by atoms with Gasteiger partial charge in [-0.3, -0.25) is 0 Å². The molecule has 23 heavy (non-hydrogen) atoms. The summed E-state index contributed by atoms with van der Waals surface area (Å²) in [5.74, 6) is 0.980. The Balaban J connectivity index is 1.88. The van der Waals surface area contributed by atoms with E-state index in [0.717, 1.165) is 25.2 Å². The van der Waals surface area contributed by atoms with Crippen LogP contribution in [0.4, 0.5) is 0 Å². The van der Waals surface area contributed by atoms with Crippen molar-refractivity contribution in [2.24, 2.45) is 0 Å². The first-order valence-electron chi connectivity index (χ1n) is 8.27. The van der Waals surface area contributed by atoms with Gasteiger partial charge >= 0.3 is 5.97 Å². The molecule has 0 aromatic heterocycles. The SMILES string of the molecule is CCCCCOc1ccc(OC(=O)c2ccc(CC)cc2)cc1. The topological polar surface area (TPSA) is 35.5 Å². The van der Waals surface area contributed by atoms with Gasteiger partial charge in [-0.15, -0.1) is 0 Å². The van der Waals surface area contributed by atoms with Gasteiger partial charge in [0.25, 0.3) is 0 Å². The predicted octanol–water partition coefficient (Wildman–Crippen LogP) is 5.04. The van der Waals surface area contributed by atoms with Crippen LogP contribution in [0, 0.1) is 0 Å². The molecule has 0 aliphatic rings. The summed E-state index contributed by atoms with van der Waals surface area (Å²) in [6.45, 7) is 4.97. The van der Waals surface area contributed by atoms with Crippen LogP contribution in [-0.4, -0.2) is 12.6 Å². The molecule has 2 aromatic rings. The number of unbranched alkanes of at least 4 members (excludes halogenated alkanes) is 2. The molecule has 0 bridgehead atoms. The van der Waals surface area contributed by atoms with E-state index in [1.807, 2.05) is 24.3 Å². The third kappa shape index (κ3) is 5.44. The van der Waals surface area contributed by atoms with E-state index in [-0.39, 0.29) is 5.97 Å². The van der Waals surface area contributed by atoms with Gasteiger partial charge in [-0.1, -0.05) is 38.8 Å². The maximum absolute atomic E-state index is 12.1. The van der Waals surface area contributed by atoms with Gasteiger partial charge in [-0.25, -0.2) is 4.79 Å². The largest absolute Gasteiger partial charge is 0.494 e. The lowest BCUT2D eigenvalue weighted by Crippen LogP contribution is -2.08. The standard InChI is InChI=1S/C20H24O3/c1-3-5-6-15-22-18-11-13-19(14-12-18)23-20(21)17-9-7-16(4-2)8-10-17/h7-14H,3-6,15H2,1-2H3. The van der Waals surface area contributed by atoms with Crippen LogP contribution in [0.15, 0.2) is 48.5 Å². The van der Waals surface area contributed by atoms with Crippen LogP contribution in [0.2, 0.25) is 0 Å². The summed E-state index contributed by atoms with van der Waals surface area (Å²) < 4.78 is 11.0. The molecule has 3 heteroatoms.